The lowest BCUT2D eigenvalue weighted by Gasteiger charge is -2.18. The molecule has 0 aromatic heterocycles. The molecule has 0 saturated carbocycles. The van der Waals surface area contributed by atoms with Gasteiger partial charge in [-0.1, -0.05) is 0 Å². The van der Waals surface area contributed by atoms with Crippen LogP contribution in [0, 0.1) is 0 Å². The van der Waals surface area contributed by atoms with E-state index in [0.29, 0.717) is 8.88 Å². The maximum atomic E-state index is 5.31. The Morgan fingerprint density at radius 2 is 1.43 bits per heavy atom. The van der Waals surface area contributed by atoms with E-state index >= 15 is 0 Å². The third-order valence-electron chi connectivity index (χ3n) is 0.387. The summed E-state index contributed by atoms with van der Waals surface area (Å²) in [7, 11) is 6.71. The van der Waals surface area contributed by atoms with Gasteiger partial charge >= 0.3 is 0 Å². The molecule has 0 heterocycles. The van der Waals surface area contributed by atoms with Crippen LogP contribution in [0.3, 0.4) is 0 Å². The van der Waals surface area contributed by atoms with Gasteiger partial charge in [-0.2, -0.15) is 0 Å². The van der Waals surface area contributed by atoms with Crippen LogP contribution in [-0.2, 0) is 0 Å². The zero-order chi connectivity index (χ0) is 5.21. The largest absolute Gasteiger partial charge is 0.307 e. The van der Waals surface area contributed by atoms with Crippen molar-refractivity contribution in [2.24, 2.45) is 5.50 Å². The summed E-state index contributed by atoms with van der Waals surface area (Å²) < 4.78 is 0.875. The summed E-state index contributed by atoms with van der Waals surface area (Å²) in [6.07, 6.45) is 0. The fourth-order valence-electron chi connectivity index (χ4n) is 0. The van der Waals surface area contributed by atoms with Crippen LogP contribution in [0.25, 0.3) is 0 Å². The van der Waals surface area contributed by atoms with Crippen molar-refractivity contribution in [3.63, 3.8) is 0 Å². The van der Waals surface area contributed by atoms with Gasteiger partial charge in [-0.05, 0) is 0 Å². The molecule has 0 radical (unpaired) electrons. The summed E-state index contributed by atoms with van der Waals surface area (Å²) in [4.78, 5) is 0. The Kier molecular flexibility index (Phi) is 5.09. The van der Waals surface area contributed by atoms with Crippen LogP contribution in [0.2, 0.25) is 0 Å². The van der Waals surface area contributed by atoms with Crippen molar-refractivity contribution in [1.29, 1.82) is 0 Å². The first-order valence-corrected chi connectivity index (χ1v) is 2.88. The van der Waals surface area contributed by atoms with Crippen molar-refractivity contribution in [3.05, 3.63) is 0 Å². The van der Waals surface area contributed by atoms with Gasteiger partial charge in [-0.25, -0.2) is 0 Å². The Labute approximate surface area is 49.1 Å². The average molecular weight is 121 g/mol. The highest BCUT2D eigenvalue weighted by Gasteiger charge is 1.99. The average Bonchev–Trinajstić information content (AvgIpc) is 1.35. The number of hydrogen-bond acceptors (Lipinski definition) is 1. The lowest BCUT2D eigenvalue weighted by molar-refractivity contribution is -0.735. The van der Waals surface area contributed by atoms with E-state index in [1.165, 1.54) is 0 Å². The molecule has 0 aliphatic carbocycles. The minimum atomic E-state index is 0. The molecular weight excluding hydrogens is 106 g/mol. The highest BCUT2D eigenvalue weighted by atomic mass is 31.1. The standard InChI is InChI=1S/C3H12N2P.BH3/c1-5(2,3)6-4;/h6H,4H2,1-3H3;1H3/q+1;. The summed E-state index contributed by atoms with van der Waals surface area (Å²) in [5, 5.41) is 0. The minimum absolute atomic E-state index is 0. The van der Waals surface area contributed by atoms with Crippen LogP contribution in [0.1, 0.15) is 0 Å². The second-order valence-electron chi connectivity index (χ2n) is 2.14. The maximum Gasteiger partial charge on any atom is 0.164 e. The number of nitrogens with zero attached hydrogens (tertiary/aromatic N) is 1. The van der Waals surface area contributed by atoms with Crippen LogP contribution in [-0.4, -0.2) is 33.8 Å². The van der Waals surface area contributed by atoms with Gasteiger partial charge < -0.3 is 4.25 Å². The SMILES string of the molecule is B.C[N+](C)(C)PN. The molecule has 0 rings (SSSR count). The second-order valence-corrected chi connectivity index (χ2v) is 3.74. The van der Waals surface area contributed by atoms with E-state index in [2.05, 4.69) is 21.1 Å². The van der Waals surface area contributed by atoms with Gasteiger partial charge in [0, 0.05) is 0 Å². The molecule has 0 aliphatic rings. The van der Waals surface area contributed by atoms with Crippen LogP contribution >= 0.6 is 8.88 Å². The maximum absolute atomic E-state index is 5.31. The number of rotatable bonds is 1. The summed E-state index contributed by atoms with van der Waals surface area (Å²) in [6, 6.07) is 0. The van der Waals surface area contributed by atoms with Gasteiger partial charge in [0.05, 0.1) is 29.6 Å². The predicted octanol–water partition coefficient (Wildman–Crippen LogP) is -1.02. The molecular formula is C3H15BN2P+. The van der Waals surface area contributed by atoms with Crippen LogP contribution < -0.4 is 5.50 Å². The van der Waals surface area contributed by atoms with Gasteiger partial charge in [0.25, 0.3) is 0 Å². The van der Waals surface area contributed by atoms with E-state index in [9.17, 15) is 0 Å². The lowest BCUT2D eigenvalue weighted by Crippen LogP contribution is -2.24. The van der Waals surface area contributed by atoms with Crippen molar-refractivity contribution in [1.82, 2.24) is 0 Å². The van der Waals surface area contributed by atoms with Gasteiger partial charge in [0.1, 0.15) is 0 Å². The third-order valence-corrected chi connectivity index (χ3v) is 1.16. The predicted molar refractivity (Wildman–Crippen MR) is 40.5 cm³/mol. The Hall–Kier alpha value is 0.415. The molecule has 0 aromatic carbocycles. The van der Waals surface area contributed by atoms with E-state index < -0.39 is 0 Å². The van der Waals surface area contributed by atoms with Crippen molar-refractivity contribution < 1.29 is 4.25 Å². The van der Waals surface area contributed by atoms with E-state index in [0.717, 1.165) is 4.25 Å². The molecule has 2 nitrogen and oxygen atoms in total. The molecule has 44 valence electrons. The second kappa shape index (κ2) is 3.42. The monoisotopic (exact) mass is 121 g/mol. The number of quaternary nitrogens is 1. The Morgan fingerprint density at radius 1 is 1.29 bits per heavy atom. The summed E-state index contributed by atoms with van der Waals surface area (Å²) in [6.45, 7) is 0. The smallest absolute Gasteiger partial charge is 0.164 e. The van der Waals surface area contributed by atoms with Crippen molar-refractivity contribution in [2.45, 2.75) is 0 Å². The lowest BCUT2D eigenvalue weighted by atomic mass is 10.8. The van der Waals surface area contributed by atoms with Gasteiger partial charge in [-0.15, -0.1) is 0 Å². The van der Waals surface area contributed by atoms with Crippen molar-refractivity contribution in [2.75, 3.05) is 21.1 Å². The summed E-state index contributed by atoms with van der Waals surface area (Å²) >= 11 is 0. The molecule has 0 bridgehead atoms. The Bertz CT molecular complexity index is 42.7. The highest BCUT2D eigenvalue weighted by molar-refractivity contribution is 7.28. The van der Waals surface area contributed by atoms with Gasteiger partial charge in [-0.3, -0.25) is 5.50 Å². The fraction of sp³-hybridized carbons (Fsp3) is 1.00. The zero-order valence-electron chi connectivity index (χ0n) is 4.52. The quantitative estimate of drug-likeness (QED) is 0.348. The molecule has 0 fully saturated rings. The fourth-order valence-corrected chi connectivity index (χ4v) is 0. The third kappa shape index (κ3) is 10.7. The molecule has 4 heteroatoms. The minimum Gasteiger partial charge on any atom is -0.307 e. The molecule has 2 N–H and O–H groups in total. The molecule has 0 saturated heterocycles. The molecule has 0 aliphatic heterocycles. The van der Waals surface area contributed by atoms with Gasteiger partial charge in [0.15, 0.2) is 8.88 Å². The summed E-state index contributed by atoms with van der Waals surface area (Å²) in [5.41, 5.74) is 5.31. The van der Waals surface area contributed by atoms with E-state index in [1.54, 1.807) is 0 Å². The van der Waals surface area contributed by atoms with E-state index in [1.807, 2.05) is 0 Å². The molecule has 0 aromatic rings. The van der Waals surface area contributed by atoms with Crippen molar-refractivity contribution in [3.8, 4) is 0 Å². The first-order chi connectivity index (χ1) is 2.56. The first-order valence-electron chi connectivity index (χ1n) is 1.85. The Balaban J connectivity index is 0. The molecule has 0 amide bonds. The summed E-state index contributed by atoms with van der Waals surface area (Å²) in [5.74, 6) is 0. The topological polar surface area (TPSA) is 26.0 Å². The normalized spacial score (nSPS) is 12.0. The first kappa shape index (κ1) is 10.4. The molecule has 7 heavy (non-hydrogen) atoms. The van der Waals surface area contributed by atoms with Gasteiger partial charge in [0.2, 0.25) is 0 Å². The zero-order valence-corrected chi connectivity index (χ0v) is 5.52. The van der Waals surface area contributed by atoms with Crippen LogP contribution in [0.4, 0.5) is 0 Å². The van der Waals surface area contributed by atoms with Crippen LogP contribution in [0.5, 0.6) is 0 Å². The molecule has 1 unspecified atom stereocenters. The van der Waals surface area contributed by atoms with E-state index in [4.69, 9.17) is 5.50 Å². The van der Waals surface area contributed by atoms with E-state index in [-0.39, 0.29) is 8.41 Å². The highest BCUT2D eigenvalue weighted by Crippen LogP contribution is 2.09. The number of hydrogen-bond donors (Lipinski definition) is 1. The van der Waals surface area contributed by atoms with Crippen molar-refractivity contribution >= 4 is 17.3 Å². The Morgan fingerprint density at radius 3 is 1.43 bits per heavy atom. The molecule has 1 atom stereocenters. The number of nitrogens with two attached hydrogens (primary N) is 1. The van der Waals surface area contributed by atoms with Crippen LogP contribution in [0.15, 0.2) is 0 Å². The molecule has 0 spiro atoms.